The Bertz CT molecular complexity index is 621. The summed E-state index contributed by atoms with van der Waals surface area (Å²) in [6, 6.07) is 12.5. The highest BCUT2D eigenvalue weighted by Gasteiger charge is 1.97. The Labute approximate surface area is 106 Å². The van der Waals surface area contributed by atoms with Gasteiger partial charge in [0.05, 0.1) is 17.9 Å². The minimum Gasteiger partial charge on any atom is -0.399 e. The molecule has 0 saturated carbocycles. The molecule has 18 heavy (non-hydrogen) atoms. The van der Waals surface area contributed by atoms with Crippen LogP contribution in [0, 0.1) is 13.5 Å². The van der Waals surface area contributed by atoms with Gasteiger partial charge >= 0.3 is 0 Å². The van der Waals surface area contributed by atoms with E-state index in [1.807, 2.05) is 19.1 Å². The lowest BCUT2D eigenvalue weighted by Crippen LogP contribution is -1.84. The Morgan fingerprint density at radius 2 is 1.78 bits per heavy atom. The van der Waals surface area contributed by atoms with Crippen LogP contribution in [-0.2, 0) is 0 Å². The molecule has 0 aliphatic rings. The van der Waals surface area contributed by atoms with Gasteiger partial charge in [-0.1, -0.05) is 12.1 Å². The van der Waals surface area contributed by atoms with Gasteiger partial charge in [-0.2, -0.15) is 10.2 Å². The highest BCUT2D eigenvalue weighted by molar-refractivity contribution is 5.55. The second-order valence-corrected chi connectivity index (χ2v) is 3.87. The fraction of sp³-hybridized carbons (Fsp3) is 0.0714. The zero-order valence-corrected chi connectivity index (χ0v) is 9.96. The first-order valence-corrected chi connectivity index (χ1v) is 5.44. The lowest BCUT2D eigenvalue weighted by molar-refractivity contribution is 1.21. The number of nitrogen functional groups attached to an aromatic ring is 1. The van der Waals surface area contributed by atoms with Crippen molar-refractivity contribution in [2.24, 2.45) is 10.2 Å². The molecule has 2 aromatic carbocycles. The SMILES string of the molecule is [C-]#[N+]c1ccc(N=Nc2ccc(N)cc2C)cc1. The van der Waals surface area contributed by atoms with Crippen LogP contribution in [0.25, 0.3) is 4.85 Å². The van der Waals surface area contributed by atoms with Gasteiger partial charge in [-0.05, 0) is 42.8 Å². The van der Waals surface area contributed by atoms with Crippen molar-refractivity contribution in [2.75, 3.05) is 5.73 Å². The number of azo groups is 1. The minimum atomic E-state index is 0.595. The molecule has 0 aliphatic heterocycles. The van der Waals surface area contributed by atoms with E-state index < -0.39 is 0 Å². The van der Waals surface area contributed by atoms with Crippen molar-refractivity contribution < 1.29 is 0 Å². The van der Waals surface area contributed by atoms with Crippen LogP contribution in [0.2, 0.25) is 0 Å². The Kier molecular flexibility index (Phi) is 3.35. The van der Waals surface area contributed by atoms with Crippen molar-refractivity contribution in [3.05, 3.63) is 59.4 Å². The van der Waals surface area contributed by atoms with Gasteiger partial charge in [-0.3, -0.25) is 0 Å². The topological polar surface area (TPSA) is 55.1 Å². The summed E-state index contributed by atoms with van der Waals surface area (Å²) < 4.78 is 0. The van der Waals surface area contributed by atoms with Crippen LogP contribution < -0.4 is 5.73 Å². The van der Waals surface area contributed by atoms with Gasteiger partial charge in [-0.15, -0.1) is 0 Å². The van der Waals surface area contributed by atoms with Crippen LogP contribution in [0.5, 0.6) is 0 Å². The molecule has 0 aliphatic carbocycles. The number of nitrogens with two attached hydrogens (primary N) is 1. The van der Waals surface area contributed by atoms with E-state index in [-0.39, 0.29) is 0 Å². The summed E-state index contributed by atoms with van der Waals surface area (Å²) in [7, 11) is 0. The molecular formula is C14H12N4. The molecule has 4 heteroatoms. The summed E-state index contributed by atoms with van der Waals surface area (Å²) in [5.41, 5.74) is 9.47. The van der Waals surface area contributed by atoms with Crippen molar-refractivity contribution in [1.82, 2.24) is 0 Å². The van der Waals surface area contributed by atoms with Gasteiger partial charge in [0.25, 0.3) is 0 Å². The normalized spacial score (nSPS) is 10.4. The van der Waals surface area contributed by atoms with E-state index in [1.165, 1.54) is 0 Å². The van der Waals surface area contributed by atoms with E-state index in [0.29, 0.717) is 11.4 Å². The molecule has 0 unspecified atom stereocenters. The van der Waals surface area contributed by atoms with Gasteiger partial charge < -0.3 is 5.73 Å². The van der Waals surface area contributed by atoms with Crippen molar-refractivity contribution in [3.63, 3.8) is 0 Å². The molecule has 0 spiro atoms. The maximum atomic E-state index is 6.86. The van der Waals surface area contributed by atoms with Crippen molar-refractivity contribution in [3.8, 4) is 0 Å². The molecule has 0 atom stereocenters. The third-order valence-corrected chi connectivity index (χ3v) is 2.47. The number of benzene rings is 2. The number of aryl methyl sites for hydroxylation is 1. The zero-order valence-electron chi connectivity index (χ0n) is 9.96. The van der Waals surface area contributed by atoms with Crippen molar-refractivity contribution >= 4 is 22.7 Å². The Balaban J connectivity index is 2.22. The first-order chi connectivity index (χ1) is 8.69. The van der Waals surface area contributed by atoms with Gasteiger partial charge in [0.1, 0.15) is 0 Å². The molecule has 0 amide bonds. The smallest absolute Gasteiger partial charge is 0.187 e. The van der Waals surface area contributed by atoms with E-state index in [0.717, 1.165) is 16.9 Å². The molecule has 0 heterocycles. The number of hydrogen-bond donors (Lipinski definition) is 1. The molecule has 0 aromatic heterocycles. The second kappa shape index (κ2) is 5.11. The monoisotopic (exact) mass is 236 g/mol. The number of rotatable bonds is 2. The molecule has 2 rings (SSSR count). The molecule has 4 nitrogen and oxygen atoms in total. The van der Waals surface area contributed by atoms with Crippen LogP contribution >= 0.6 is 0 Å². The zero-order chi connectivity index (χ0) is 13.0. The van der Waals surface area contributed by atoms with Crippen LogP contribution in [0.15, 0.2) is 52.7 Å². The van der Waals surface area contributed by atoms with E-state index in [4.69, 9.17) is 12.3 Å². The van der Waals surface area contributed by atoms with E-state index in [2.05, 4.69) is 15.1 Å². The molecule has 2 aromatic rings. The number of anilines is 1. The Hall–Kier alpha value is -2.67. The molecular weight excluding hydrogens is 224 g/mol. The number of nitrogens with zero attached hydrogens (tertiary/aromatic N) is 3. The van der Waals surface area contributed by atoms with Gasteiger partial charge in [0, 0.05) is 5.69 Å². The van der Waals surface area contributed by atoms with E-state index in [1.54, 1.807) is 30.3 Å². The third kappa shape index (κ3) is 2.71. The summed E-state index contributed by atoms with van der Waals surface area (Å²) >= 11 is 0. The fourth-order valence-electron chi connectivity index (χ4n) is 1.50. The highest BCUT2D eigenvalue weighted by atomic mass is 15.1. The third-order valence-electron chi connectivity index (χ3n) is 2.47. The summed E-state index contributed by atoms with van der Waals surface area (Å²) in [4.78, 5) is 3.32. The standard InChI is InChI=1S/C14H12N4/c1-10-9-11(15)3-8-14(10)18-17-13-6-4-12(16-2)5-7-13/h3-9H,15H2,1H3. The maximum Gasteiger partial charge on any atom is 0.187 e. The molecule has 0 fully saturated rings. The summed E-state index contributed by atoms with van der Waals surface area (Å²) in [6.45, 7) is 8.80. The van der Waals surface area contributed by atoms with Crippen LogP contribution in [-0.4, -0.2) is 0 Å². The quantitative estimate of drug-likeness (QED) is 0.464. The summed E-state index contributed by atoms with van der Waals surface area (Å²) in [5, 5.41) is 8.29. The Morgan fingerprint density at radius 1 is 1.06 bits per heavy atom. The summed E-state index contributed by atoms with van der Waals surface area (Å²) in [5.74, 6) is 0. The average molecular weight is 236 g/mol. The van der Waals surface area contributed by atoms with Gasteiger partial charge in [-0.25, -0.2) is 4.85 Å². The molecule has 0 saturated heterocycles. The fourth-order valence-corrected chi connectivity index (χ4v) is 1.50. The largest absolute Gasteiger partial charge is 0.399 e. The Morgan fingerprint density at radius 3 is 2.39 bits per heavy atom. The molecule has 88 valence electrons. The van der Waals surface area contributed by atoms with Crippen LogP contribution in [0.4, 0.5) is 22.7 Å². The first-order valence-electron chi connectivity index (χ1n) is 5.44. The minimum absolute atomic E-state index is 0.595. The lowest BCUT2D eigenvalue weighted by Gasteiger charge is -2.00. The predicted octanol–water partition coefficient (Wildman–Crippen LogP) is 4.54. The van der Waals surface area contributed by atoms with Crippen LogP contribution in [0.3, 0.4) is 0 Å². The molecule has 0 radical (unpaired) electrons. The summed E-state index contributed by atoms with van der Waals surface area (Å²) in [6.07, 6.45) is 0. The van der Waals surface area contributed by atoms with Crippen molar-refractivity contribution in [2.45, 2.75) is 6.92 Å². The van der Waals surface area contributed by atoms with E-state index in [9.17, 15) is 0 Å². The maximum absolute atomic E-state index is 6.86. The molecule has 2 N–H and O–H groups in total. The predicted molar refractivity (Wildman–Crippen MR) is 72.5 cm³/mol. The van der Waals surface area contributed by atoms with E-state index >= 15 is 0 Å². The van der Waals surface area contributed by atoms with Gasteiger partial charge in [0.15, 0.2) is 5.69 Å². The average Bonchev–Trinajstić information content (AvgIpc) is 2.38. The number of hydrogen-bond acceptors (Lipinski definition) is 3. The highest BCUT2D eigenvalue weighted by Crippen LogP contribution is 2.24. The van der Waals surface area contributed by atoms with Crippen LogP contribution in [0.1, 0.15) is 5.56 Å². The first kappa shape index (κ1) is 11.8. The lowest BCUT2D eigenvalue weighted by atomic mass is 10.2. The molecule has 0 bridgehead atoms. The van der Waals surface area contributed by atoms with Crippen molar-refractivity contribution in [1.29, 1.82) is 0 Å². The second-order valence-electron chi connectivity index (χ2n) is 3.87. The van der Waals surface area contributed by atoms with Gasteiger partial charge in [0.2, 0.25) is 0 Å².